The van der Waals surface area contributed by atoms with E-state index in [1.165, 1.54) is 25.4 Å². The number of rotatable bonds is 5. The summed E-state index contributed by atoms with van der Waals surface area (Å²) in [4.78, 5) is 3.49. The van der Waals surface area contributed by atoms with Crippen molar-refractivity contribution in [1.29, 1.82) is 0 Å². The van der Waals surface area contributed by atoms with Crippen molar-refractivity contribution in [2.45, 2.75) is 42.9 Å². The Bertz CT molecular complexity index is 1190. The first kappa shape index (κ1) is 23.8. The minimum atomic E-state index is -4.59. The molecular weight excluding hydrogens is 464 g/mol. The molecule has 1 spiro atoms. The third-order valence-corrected chi connectivity index (χ3v) is 7.43. The molecular formula is C26H26F4N2O3. The fourth-order valence-electron chi connectivity index (χ4n) is 5.93. The van der Waals surface area contributed by atoms with Gasteiger partial charge >= 0.3 is 6.18 Å². The number of ether oxygens (including phenoxy) is 2. The molecule has 0 unspecified atom stereocenters. The van der Waals surface area contributed by atoms with Crippen molar-refractivity contribution in [2.24, 2.45) is 5.92 Å². The third-order valence-electron chi connectivity index (χ3n) is 7.43. The predicted molar refractivity (Wildman–Crippen MR) is 120 cm³/mol. The number of nitrogens with zero attached hydrogens (tertiary/aromatic N) is 2. The highest BCUT2D eigenvalue weighted by Crippen LogP contribution is 2.57. The normalized spacial score (nSPS) is 26.5. The molecule has 2 heterocycles. The van der Waals surface area contributed by atoms with E-state index in [4.69, 9.17) is 9.47 Å². The number of halogens is 4. The molecule has 0 radical (unpaired) electrons. The molecule has 5 rings (SSSR count). The van der Waals surface area contributed by atoms with Gasteiger partial charge in [0.05, 0.1) is 19.3 Å². The van der Waals surface area contributed by atoms with Crippen molar-refractivity contribution in [2.75, 3.05) is 20.3 Å². The number of aliphatic hydroxyl groups is 1. The van der Waals surface area contributed by atoms with Gasteiger partial charge in [0.25, 0.3) is 0 Å². The maximum Gasteiger partial charge on any atom is 0.450 e. The summed E-state index contributed by atoms with van der Waals surface area (Å²) in [5.74, 6) is -1.01. The Balaban J connectivity index is 1.50. The van der Waals surface area contributed by atoms with Crippen LogP contribution in [0.3, 0.4) is 0 Å². The van der Waals surface area contributed by atoms with Gasteiger partial charge in [-0.1, -0.05) is 12.1 Å². The van der Waals surface area contributed by atoms with Crippen LogP contribution in [-0.2, 0) is 10.9 Å². The highest BCUT2D eigenvalue weighted by molar-refractivity contribution is 5.48. The first-order valence-corrected chi connectivity index (χ1v) is 11.5. The maximum absolute atomic E-state index is 13.6. The van der Waals surface area contributed by atoms with Gasteiger partial charge in [0.15, 0.2) is 0 Å². The smallest absolute Gasteiger partial charge is 0.450 e. The van der Waals surface area contributed by atoms with Crippen molar-refractivity contribution >= 4 is 0 Å². The monoisotopic (exact) mass is 490 g/mol. The average Bonchev–Trinajstić information content (AvgIpc) is 3.58. The van der Waals surface area contributed by atoms with Gasteiger partial charge < -0.3 is 14.6 Å². The SMILES string of the molecule is COc1ccc(-n2ccnc2C(F)(F)F)cc1[C@H]1CO[C@]2(CC[C@H](CO)[C@H]2c2ccc(F)cc2)C1. The molecule has 1 N–H and O–H groups in total. The van der Waals surface area contributed by atoms with Gasteiger partial charge in [0.1, 0.15) is 11.6 Å². The number of methoxy groups -OCH3 is 1. The molecule has 1 aliphatic heterocycles. The summed E-state index contributed by atoms with van der Waals surface area (Å²) in [5.41, 5.74) is 1.45. The molecule has 186 valence electrons. The van der Waals surface area contributed by atoms with Crippen molar-refractivity contribution in [3.05, 3.63) is 77.6 Å². The predicted octanol–water partition coefficient (Wildman–Crippen LogP) is 5.47. The van der Waals surface area contributed by atoms with Crippen molar-refractivity contribution in [1.82, 2.24) is 9.55 Å². The lowest BCUT2D eigenvalue weighted by Crippen LogP contribution is -2.34. The van der Waals surface area contributed by atoms with Gasteiger partial charge in [0, 0.05) is 42.1 Å². The van der Waals surface area contributed by atoms with Crippen LogP contribution < -0.4 is 4.74 Å². The Morgan fingerprint density at radius 2 is 1.97 bits per heavy atom. The summed E-state index contributed by atoms with van der Waals surface area (Å²) in [5, 5.41) is 10.0. The molecule has 2 fully saturated rings. The summed E-state index contributed by atoms with van der Waals surface area (Å²) in [6.07, 6.45) is -0.0579. The van der Waals surface area contributed by atoms with Gasteiger partial charge in [0.2, 0.25) is 5.82 Å². The highest BCUT2D eigenvalue weighted by atomic mass is 19.4. The Hall–Kier alpha value is -2.91. The summed E-state index contributed by atoms with van der Waals surface area (Å²) in [7, 11) is 1.53. The minimum Gasteiger partial charge on any atom is -0.496 e. The molecule has 1 saturated heterocycles. The summed E-state index contributed by atoms with van der Waals surface area (Å²) >= 11 is 0. The second kappa shape index (κ2) is 8.95. The molecule has 3 aromatic rings. The van der Waals surface area contributed by atoms with E-state index in [1.54, 1.807) is 30.3 Å². The van der Waals surface area contributed by atoms with E-state index in [-0.39, 0.29) is 30.2 Å². The lowest BCUT2D eigenvalue weighted by Gasteiger charge is -2.33. The number of benzene rings is 2. The Labute approximate surface area is 200 Å². The highest BCUT2D eigenvalue weighted by Gasteiger charge is 2.54. The zero-order valence-electron chi connectivity index (χ0n) is 19.1. The maximum atomic E-state index is 13.6. The van der Waals surface area contributed by atoms with Crippen LogP contribution in [0.4, 0.5) is 17.6 Å². The molecule has 9 heteroatoms. The van der Waals surface area contributed by atoms with E-state index in [9.17, 15) is 22.7 Å². The van der Waals surface area contributed by atoms with Crippen LogP contribution >= 0.6 is 0 Å². The summed E-state index contributed by atoms with van der Waals surface area (Å²) < 4.78 is 66.9. The van der Waals surface area contributed by atoms with E-state index >= 15 is 0 Å². The van der Waals surface area contributed by atoms with Crippen LogP contribution in [0.5, 0.6) is 5.75 Å². The Morgan fingerprint density at radius 1 is 1.20 bits per heavy atom. The molecule has 1 aromatic heterocycles. The van der Waals surface area contributed by atoms with E-state index in [0.29, 0.717) is 24.5 Å². The lowest BCUT2D eigenvalue weighted by atomic mass is 9.76. The number of aliphatic hydroxyl groups excluding tert-OH is 1. The Kier molecular flexibility index (Phi) is 6.09. The third kappa shape index (κ3) is 4.21. The van der Waals surface area contributed by atoms with Gasteiger partial charge in [-0.3, -0.25) is 4.57 Å². The van der Waals surface area contributed by atoms with Gasteiger partial charge in [-0.2, -0.15) is 13.2 Å². The molecule has 4 atom stereocenters. The number of imidazole rings is 1. The van der Waals surface area contributed by atoms with E-state index in [1.807, 2.05) is 0 Å². The molecule has 2 aromatic carbocycles. The van der Waals surface area contributed by atoms with Crippen LogP contribution in [0, 0.1) is 11.7 Å². The van der Waals surface area contributed by atoms with Gasteiger partial charge in [-0.05, 0) is 61.1 Å². The van der Waals surface area contributed by atoms with E-state index < -0.39 is 17.6 Å². The number of aromatic nitrogens is 2. The molecule has 0 amide bonds. The average molecular weight is 490 g/mol. The number of hydrogen-bond donors (Lipinski definition) is 1. The quantitative estimate of drug-likeness (QED) is 0.482. The van der Waals surface area contributed by atoms with E-state index in [0.717, 1.165) is 34.7 Å². The van der Waals surface area contributed by atoms with Crippen LogP contribution in [0.2, 0.25) is 0 Å². The van der Waals surface area contributed by atoms with Crippen molar-refractivity contribution in [3.63, 3.8) is 0 Å². The number of hydrogen-bond acceptors (Lipinski definition) is 4. The molecule has 2 aliphatic rings. The largest absolute Gasteiger partial charge is 0.496 e. The van der Waals surface area contributed by atoms with E-state index in [2.05, 4.69) is 4.98 Å². The van der Waals surface area contributed by atoms with Crippen molar-refractivity contribution in [3.8, 4) is 11.4 Å². The van der Waals surface area contributed by atoms with Crippen LogP contribution in [-0.4, -0.2) is 40.6 Å². The fourth-order valence-corrected chi connectivity index (χ4v) is 5.93. The Morgan fingerprint density at radius 3 is 2.66 bits per heavy atom. The molecule has 35 heavy (non-hydrogen) atoms. The first-order valence-electron chi connectivity index (χ1n) is 11.5. The van der Waals surface area contributed by atoms with Gasteiger partial charge in [-0.25, -0.2) is 9.37 Å². The van der Waals surface area contributed by atoms with Crippen molar-refractivity contribution < 1.29 is 32.1 Å². The van der Waals surface area contributed by atoms with Crippen LogP contribution in [0.15, 0.2) is 54.9 Å². The standard InChI is InChI=1S/C26H26F4N2O3/c1-34-22-7-6-20(32-11-10-31-24(32)26(28,29)30)12-21(22)18-13-25(35-15-18)9-8-17(14-33)23(25)16-2-4-19(27)5-3-16/h2-7,10-12,17-18,23,33H,8-9,13-15H2,1H3/t17-,18-,23-,25-/m1/s1. The lowest BCUT2D eigenvalue weighted by molar-refractivity contribution is -0.145. The summed E-state index contributed by atoms with van der Waals surface area (Å²) in [6.45, 7) is 0.364. The minimum absolute atomic E-state index is 0.00251. The van der Waals surface area contributed by atoms with Crippen LogP contribution in [0.1, 0.15) is 48.0 Å². The zero-order chi connectivity index (χ0) is 24.8. The first-order chi connectivity index (χ1) is 16.8. The molecule has 5 nitrogen and oxygen atoms in total. The number of alkyl halides is 3. The summed E-state index contributed by atoms with van der Waals surface area (Å²) in [6, 6.07) is 11.3. The zero-order valence-corrected chi connectivity index (χ0v) is 19.1. The molecule has 1 saturated carbocycles. The van der Waals surface area contributed by atoms with Crippen LogP contribution in [0.25, 0.3) is 5.69 Å². The topological polar surface area (TPSA) is 56.5 Å². The molecule has 1 aliphatic carbocycles. The second-order valence-corrected chi connectivity index (χ2v) is 9.33. The molecule has 0 bridgehead atoms. The second-order valence-electron chi connectivity index (χ2n) is 9.33. The fraction of sp³-hybridized carbons (Fsp3) is 0.423. The van der Waals surface area contributed by atoms with Gasteiger partial charge in [-0.15, -0.1) is 0 Å².